The zero-order chi connectivity index (χ0) is 102. The van der Waals surface area contributed by atoms with Gasteiger partial charge in [0.15, 0.2) is 78.4 Å². The molecular formula is C98H109N3O41. The van der Waals surface area contributed by atoms with E-state index in [4.69, 9.17) is 80.5 Å². The molecule has 0 amide bonds. The summed E-state index contributed by atoms with van der Waals surface area (Å²) in [5, 5.41) is 147. The largest absolute Gasteiger partial charge is 0.507 e. The average Bonchev–Trinajstić information content (AvgIpc) is 0.829. The normalized spacial score (nSPS) is 30.7. The number of nitrogens with one attached hydrogen (secondary N) is 1. The van der Waals surface area contributed by atoms with Gasteiger partial charge in [0, 0.05) is 174 Å². The Hall–Kier alpha value is -11.6. The Morgan fingerprint density at radius 2 is 0.796 bits per heavy atom. The van der Waals surface area contributed by atoms with E-state index in [2.05, 4.69) is 15.1 Å². The van der Waals surface area contributed by atoms with Crippen molar-refractivity contribution in [2.24, 2.45) is 0 Å². The van der Waals surface area contributed by atoms with E-state index in [0.717, 1.165) is 0 Å². The van der Waals surface area contributed by atoms with Crippen LogP contribution >= 0.6 is 0 Å². The van der Waals surface area contributed by atoms with Gasteiger partial charge in [-0.25, -0.2) is 4.79 Å². The summed E-state index contributed by atoms with van der Waals surface area (Å²) in [6, 6.07) is 12.2. The van der Waals surface area contributed by atoms with Gasteiger partial charge >= 0.3 is 17.9 Å². The molecule has 7 saturated heterocycles. The number of methoxy groups -OCH3 is 5. The van der Waals surface area contributed by atoms with Crippen LogP contribution in [0.25, 0.3) is 0 Å². The van der Waals surface area contributed by atoms with E-state index in [0.29, 0.717) is 39.1 Å². The van der Waals surface area contributed by atoms with Gasteiger partial charge in [0.2, 0.25) is 23.6 Å². The Labute approximate surface area is 808 Å². The number of ether oxygens (including phenoxy) is 17. The van der Waals surface area contributed by atoms with Gasteiger partial charge in [-0.1, -0.05) is 36.4 Å². The summed E-state index contributed by atoms with van der Waals surface area (Å²) in [7, 11) is 7.05. The first-order valence-electron chi connectivity index (χ1n) is 46.2. The lowest BCUT2D eigenvalue weighted by Gasteiger charge is -2.43. The zero-order valence-electron chi connectivity index (χ0n) is 78.6. The van der Waals surface area contributed by atoms with Crippen molar-refractivity contribution in [2.45, 2.75) is 245 Å². The second-order valence-corrected chi connectivity index (χ2v) is 37.1. The minimum absolute atomic E-state index is 0.000705. The number of benzene rings is 6. The molecule has 7 fully saturated rings. The van der Waals surface area contributed by atoms with Crippen LogP contribution in [0.5, 0.6) is 51.7 Å². The second-order valence-electron chi connectivity index (χ2n) is 37.1. The quantitative estimate of drug-likeness (QED) is 0.0189. The molecule has 22 atom stereocenters. The predicted octanol–water partition coefficient (Wildman–Crippen LogP) is 2.81. The van der Waals surface area contributed by atoms with Crippen molar-refractivity contribution in [1.82, 2.24) is 15.1 Å². The Morgan fingerprint density at radius 3 is 1.13 bits per heavy atom. The third kappa shape index (κ3) is 17.7. The Balaban J connectivity index is 0.000000147. The van der Waals surface area contributed by atoms with Crippen LogP contribution in [0.3, 0.4) is 0 Å². The number of rotatable bonds is 23. The molecule has 13 aliphatic rings. The van der Waals surface area contributed by atoms with Crippen LogP contribution < -0.4 is 19.5 Å². The third-order valence-electron chi connectivity index (χ3n) is 28.8. The number of phenolic OH excluding ortho intramolecular Hbond substituents is 6. The maximum atomic E-state index is 13.9. The Kier molecular flexibility index (Phi) is 28.6. The van der Waals surface area contributed by atoms with Crippen molar-refractivity contribution in [3.63, 3.8) is 0 Å². The van der Waals surface area contributed by atoms with E-state index >= 15 is 0 Å². The van der Waals surface area contributed by atoms with Crippen LogP contribution in [0, 0.1) is 0 Å². The van der Waals surface area contributed by atoms with Gasteiger partial charge in [-0.2, -0.15) is 0 Å². The molecular weight excluding hydrogens is 1880 g/mol. The topological polar surface area (TPSA) is 626 Å². The number of aliphatic hydroxyl groups is 6. The van der Waals surface area contributed by atoms with Gasteiger partial charge in [-0.15, -0.1) is 0 Å². The molecule has 762 valence electrons. The van der Waals surface area contributed by atoms with Crippen molar-refractivity contribution in [3.8, 4) is 51.7 Å². The first-order valence-corrected chi connectivity index (χ1v) is 46.2. The zero-order valence-corrected chi connectivity index (χ0v) is 78.6. The van der Waals surface area contributed by atoms with Gasteiger partial charge < -0.3 is 152 Å². The Bertz CT molecular complexity index is 6100. The van der Waals surface area contributed by atoms with Gasteiger partial charge in [-0.05, 0) is 51.9 Å². The number of phenols is 6. The lowest BCUT2D eigenvalue weighted by molar-refractivity contribution is -0.256. The number of carboxylic acids is 1. The molecule has 142 heavy (non-hydrogen) atoms. The molecule has 6 aliphatic carbocycles. The summed E-state index contributed by atoms with van der Waals surface area (Å²) in [5.74, 6) is -13.2. The van der Waals surface area contributed by atoms with E-state index in [1.54, 1.807) is 6.92 Å². The van der Waals surface area contributed by atoms with Crippen LogP contribution in [-0.2, 0) is 110 Å². The highest BCUT2D eigenvalue weighted by Crippen LogP contribution is 2.58. The van der Waals surface area contributed by atoms with Crippen molar-refractivity contribution in [3.05, 3.63) is 155 Å². The molecule has 0 spiro atoms. The van der Waals surface area contributed by atoms with Gasteiger partial charge in [0.1, 0.15) is 88.4 Å². The van der Waals surface area contributed by atoms with Crippen LogP contribution in [-0.4, -0.2) is 344 Å². The molecule has 0 aromatic heterocycles. The lowest BCUT2D eigenvalue weighted by Crippen LogP contribution is -2.55. The number of morpholine rings is 2. The first kappa shape index (κ1) is 102. The molecule has 44 nitrogen and oxygen atoms in total. The van der Waals surface area contributed by atoms with Gasteiger partial charge in [-0.3, -0.25) is 57.7 Å². The molecule has 19 rings (SSSR count). The molecule has 0 bridgehead atoms. The number of nitrogens with zero attached hydrogens (tertiary/aromatic N) is 2. The number of Topliss-reactive ketones (excluding diaryl/α,β-unsaturated/α-hetero) is 2. The number of aliphatic hydroxyl groups excluding tert-OH is 3. The van der Waals surface area contributed by atoms with Crippen molar-refractivity contribution in [2.75, 3.05) is 81.6 Å². The maximum Gasteiger partial charge on any atom is 0.336 e. The number of hydrogen-bond donors (Lipinski definition) is 14. The smallest absolute Gasteiger partial charge is 0.336 e. The summed E-state index contributed by atoms with van der Waals surface area (Å²) in [4.78, 5) is 148. The highest BCUT2D eigenvalue weighted by atomic mass is 16.7. The monoisotopic (exact) mass is 1980 g/mol. The second kappa shape index (κ2) is 39.9. The molecule has 7 aliphatic heterocycles. The van der Waals surface area contributed by atoms with Gasteiger partial charge in [0.25, 0.3) is 0 Å². The number of carboxylic acid groups (broad SMARTS) is 1. The minimum Gasteiger partial charge on any atom is -0.507 e. The van der Waals surface area contributed by atoms with Crippen molar-refractivity contribution in [1.29, 1.82) is 0 Å². The van der Waals surface area contributed by atoms with E-state index in [1.165, 1.54) is 104 Å². The molecule has 0 saturated carbocycles. The summed E-state index contributed by atoms with van der Waals surface area (Å²) >= 11 is 0. The van der Waals surface area contributed by atoms with E-state index < -0.39 is 300 Å². The number of aliphatic carboxylic acids is 1. The number of aromatic hydroxyl groups is 6. The van der Waals surface area contributed by atoms with Gasteiger partial charge in [0.05, 0.1) is 127 Å². The number of esters is 2. The van der Waals surface area contributed by atoms with Crippen LogP contribution in [0.1, 0.15) is 233 Å². The molecule has 6 aromatic carbocycles. The number of ketones is 8. The van der Waals surface area contributed by atoms with Crippen LogP contribution in [0.4, 0.5) is 0 Å². The standard InChI is InChI=1S/C35H41NO15.C32H35NO13.C31H33NO13/c1-15-30(41)20(36-10-6-9-24(49-16(2)38)50-17(3)39)11-25(48-15)51-22-13-35(46,23(40)14-37)12-19-27(22)34(45)29-28(32(19)43)31(42)18-7-5-8-21(47-4)26(18)33(29)44;1-13-29-16(33-7-8-43-31(42-3)30(33)46-29)9-20(44-13)45-18-11-32(40,19(35)12-34)10-15-22(18)28(39)24-23(26(15)37)25(36)14-5-4-6-17(41-2)21(14)27(24)38;1-12-27-15(32-7-8-42-29(41-3)28(32)45-27)9-18(43-12)44-17-11-31(39,30(37)38)10-14-20(17)26(36)22-21(24(14)34)23(33)13-5-4-6-16(40-2)19(13)25(22)35/h5,7-8,15,20,22,24-25,30,36-37,41,43,45-46H,6,9-14H2,1-4H3;4-6,13,16,18,20,29-31,34,37,39-40H,7-12H2,1-3H3;4-6,12,15,17-18,27-29,34,36,39H,7-11H2,1-3H3,(H,37,38)/t15?,20?,22-,25?,30?,35-;13-,16-,18-,20-,29+,30+,31-,32-;12-,15-,17-,18-,27+,28+,29-,31-/m000/s1. The van der Waals surface area contributed by atoms with Crippen LogP contribution in [0.15, 0.2) is 54.6 Å². The fraction of sp³-hybridized carbons (Fsp3) is 0.520. The summed E-state index contributed by atoms with van der Waals surface area (Å²) < 4.78 is 98.0. The number of carbonyl (C=O) groups is 11. The van der Waals surface area contributed by atoms with E-state index in [1.807, 2.05) is 13.8 Å². The molecule has 0 radical (unpaired) electrons. The summed E-state index contributed by atoms with van der Waals surface area (Å²) in [6.07, 6.45) is -16.0. The number of hydrogen-bond acceptors (Lipinski definition) is 43. The van der Waals surface area contributed by atoms with Crippen molar-refractivity contribution < 1.29 is 200 Å². The molecule has 14 N–H and O–H groups in total. The Morgan fingerprint density at radius 1 is 0.458 bits per heavy atom. The number of carbonyl (C=O) groups excluding carboxylic acids is 10. The first-order chi connectivity index (χ1) is 67.6. The van der Waals surface area contributed by atoms with Crippen molar-refractivity contribution >= 4 is 64.2 Å². The SMILES string of the molecule is COc1cccc2c1C(=O)c1c(O)c3c(c(O)c1C2=O)C[C@@](O)(C(=O)CO)C[C@@H]3OC1CC(NCCCC(OC(C)=O)OC(C)=O)C(O)C(C)O1.COc1cccc2c1C(=O)c1c(O)c3c(c(O)c1C2=O)C[C@@](O)(C(=O)CO)C[C@@H]3O[C@H]1C[C@H]2[C@H](O[C@@H]3[C@@H](OC)OCCN32)[C@H](C)O1.COc1cccc2c1C(=O)c1c(O)c3c(c(O)c1C2=O)C[C@@](O)(C(=O)O)C[C@@H]3O[C@H]1C[C@H]2[C@H](O[C@@H]3[C@@H](OC)OCCN32)[C@H](C)O1. The third-order valence-corrected chi connectivity index (χ3v) is 28.8. The molecule has 4 unspecified atom stereocenters. The molecule has 6 aromatic rings. The maximum absolute atomic E-state index is 13.9. The predicted molar refractivity (Wildman–Crippen MR) is 475 cm³/mol. The molecule has 7 heterocycles. The van der Waals surface area contributed by atoms with E-state index in [-0.39, 0.29) is 134 Å². The fourth-order valence-corrected chi connectivity index (χ4v) is 22.2. The average molecular weight is 1980 g/mol. The van der Waals surface area contributed by atoms with Crippen LogP contribution in [0.2, 0.25) is 0 Å². The summed E-state index contributed by atoms with van der Waals surface area (Å²) in [6.45, 7) is 7.78. The lowest BCUT2D eigenvalue weighted by atomic mass is 9.72. The molecule has 44 heteroatoms. The number of fused-ring (bicyclic) bond motifs is 15. The highest BCUT2D eigenvalue weighted by molar-refractivity contribution is 6.34. The summed E-state index contributed by atoms with van der Waals surface area (Å²) in [5.41, 5.74) is -11.1. The van der Waals surface area contributed by atoms with E-state index in [9.17, 15) is 119 Å². The minimum atomic E-state index is -2.43. The highest BCUT2D eigenvalue weighted by Gasteiger charge is 2.60. The fourth-order valence-electron chi connectivity index (χ4n) is 22.2.